The van der Waals surface area contributed by atoms with E-state index in [9.17, 15) is 0 Å². The van der Waals surface area contributed by atoms with Crippen molar-refractivity contribution in [2.75, 3.05) is 13.3 Å². The third-order valence-electron chi connectivity index (χ3n) is 3.87. The third-order valence-corrected chi connectivity index (χ3v) is 6.68. The molecule has 4 unspecified atom stereocenters. The van der Waals surface area contributed by atoms with Crippen LogP contribution in [-0.4, -0.2) is 24.6 Å². The van der Waals surface area contributed by atoms with Gasteiger partial charge >= 0.3 is 0 Å². The second-order valence-corrected chi connectivity index (χ2v) is 7.32. The molecule has 84 valence electrons. The van der Waals surface area contributed by atoms with Crippen molar-refractivity contribution in [2.45, 2.75) is 30.6 Å². The van der Waals surface area contributed by atoms with Crippen LogP contribution in [0, 0.1) is 11.8 Å². The van der Waals surface area contributed by atoms with Crippen LogP contribution in [0.15, 0.2) is 24.3 Å². The maximum absolute atomic E-state index is 2.49. The maximum atomic E-state index is 2.49. The largest absolute Gasteiger partial charge is 0.121 e. The first-order valence-electron chi connectivity index (χ1n) is 6.03. The average molecular weight is 240 g/mol. The van der Waals surface area contributed by atoms with Crippen molar-refractivity contribution in [1.29, 1.82) is 0 Å². The fourth-order valence-corrected chi connectivity index (χ4v) is 4.98. The van der Waals surface area contributed by atoms with Gasteiger partial charge in [-0.1, -0.05) is 24.3 Å². The highest BCUT2D eigenvalue weighted by Crippen LogP contribution is 2.41. The van der Waals surface area contributed by atoms with Crippen LogP contribution in [-0.2, 0) is 0 Å². The number of hydrogen-bond acceptors (Lipinski definition) is 0. The fourth-order valence-electron chi connectivity index (χ4n) is 2.88. The quantitative estimate of drug-likeness (QED) is 0.516. The Hall–Kier alpha value is 0.340. The van der Waals surface area contributed by atoms with Crippen LogP contribution in [0.25, 0.3) is 0 Å². The van der Waals surface area contributed by atoms with Crippen molar-refractivity contribution in [1.82, 2.24) is 0 Å². The summed E-state index contributed by atoms with van der Waals surface area (Å²) < 4.78 is 0. The van der Waals surface area contributed by atoms with E-state index in [1.807, 2.05) is 0 Å². The number of allylic oxidation sites excluding steroid dienone is 4. The second kappa shape index (κ2) is 5.60. The highest BCUT2D eigenvalue weighted by atomic mass is 31.1. The van der Waals surface area contributed by atoms with Crippen LogP contribution in [0.4, 0.5) is 0 Å². The lowest BCUT2D eigenvalue weighted by Crippen LogP contribution is -2.17. The van der Waals surface area contributed by atoms with E-state index < -0.39 is 0 Å². The molecule has 0 aliphatic heterocycles. The first-order valence-corrected chi connectivity index (χ1v) is 9.18. The van der Waals surface area contributed by atoms with E-state index in [-0.39, 0.29) is 0 Å². The molecule has 0 fully saturated rings. The minimum Gasteiger partial charge on any atom is -0.121 e. The van der Waals surface area contributed by atoms with Crippen LogP contribution >= 0.6 is 17.2 Å². The summed E-state index contributed by atoms with van der Waals surface area (Å²) in [7, 11) is 2.25. The van der Waals surface area contributed by atoms with E-state index in [1.165, 1.54) is 19.3 Å². The van der Waals surface area contributed by atoms with E-state index in [2.05, 4.69) is 37.6 Å². The van der Waals surface area contributed by atoms with Gasteiger partial charge in [0.1, 0.15) is 0 Å². The predicted molar refractivity (Wildman–Crippen MR) is 75.2 cm³/mol. The standard InChI is InChI=1S/C13H22P2/c1-14-12-7-3-5-10(12)9-11-6-4-8-13(11)15-2/h3-6,10-15H,7-9H2,1-2H3/t10-,11-,12?,13?/m0/s1. The molecule has 2 aliphatic rings. The lowest BCUT2D eigenvalue weighted by Gasteiger charge is -2.24. The zero-order valence-corrected chi connectivity index (χ0v) is 11.7. The molecule has 0 N–H and O–H groups in total. The zero-order valence-electron chi connectivity index (χ0n) is 9.74. The third kappa shape index (κ3) is 2.72. The highest BCUT2D eigenvalue weighted by Gasteiger charge is 2.28. The molecule has 0 amide bonds. The second-order valence-electron chi connectivity index (χ2n) is 4.68. The Balaban J connectivity index is 1.90. The SMILES string of the molecule is CPC1CC=C[C@H]1C[C@@H]1C=CCC1PC. The molecular formula is C13H22P2. The van der Waals surface area contributed by atoms with Crippen LogP contribution in [0.3, 0.4) is 0 Å². The Labute approximate surface area is 97.6 Å². The van der Waals surface area contributed by atoms with Gasteiger partial charge in [-0.15, -0.1) is 17.2 Å². The van der Waals surface area contributed by atoms with E-state index in [4.69, 9.17) is 0 Å². The molecule has 15 heavy (non-hydrogen) atoms. The first kappa shape index (κ1) is 11.8. The van der Waals surface area contributed by atoms with Gasteiger partial charge in [0.2, 0.25) is 0 Å². The van der Waals surface area contributed by atoms with E-state index in [0.717, 1.165) is 40.3 Å². The minimum absolute atomic E-state index is 0.889. The van der Waals surface area contributed by atoms with Gasteiger partial charge in [0.15, 0.2) is 0 Å². The van der Waals surface area contributed by atoms with Gasteiger partial charge in [0, 0.05) is 0 Å². The minimum atomic E-state index is 0.889. The number of hydrogen-bond donors (Lipinski definition) is 0. The fraction of sp³-hybridized carbons (Fsp3) is 0.692. The summed E-state index contributed by atoms with van der Waals surface area (Å²) in [4.78, 5) is 0. The molecule has 0 radical (unpaired) electrons. The van der Waals surface area contributed by atoms with Gasteiger partial charge in [-0.2, -0.15) is 0 Å². The van der Waals surface area contributed by atoms with Crippen molar-refractivity contribution >= 4 is 17.2 Å². The maximum Gasteiger partial charge on any atom is -0.0141 e. The molecule has 2 rings (SSSR count). The van der Waals surface area contributed by atoms with Crippen molar-refractivity contribution in [3.8, 4) is 0 Å². The van der Waals surface area contributed by atoms with Gasteiger partial charge in [-0.05, 0) is 55.7 Å². The smallest absolute Gasteiger partial charge is 0.0141 e. The van der Waals surface area contributed by atoms with Gasteiger partial charge < -0.3 is 0 Å². The summed E-state index contributed by atoms with van der Waals surface area (Å²) in [5, 5.41) is 0. The molecule has 0 nitrogen and oxygen atoms in total. The molecule has 0 spiro atoms. The van der Waals surface area contributed by atoms with Crippen molar-refractivity contribution in [3.63, 3.8) is 0 Å². The molecule has 0 heterocycles. The summed E-state index contributed by atoms with van der Waals surface area (Å²) in [6.45, 7) is 4.74. The average Bonchev–Trinajstić information content (AvgIpc) is 2.87. The summed E-state index contributed by atoms with van der Waals surface area (Å²) >= 11 is 0. The lowest BCUT2D eigenvalue weighted by molar-refractivity contribution is 0.483. The van der Waals surface area contributed by atoms with Gasteiger partial charge in [-0.25, -0.2) is 0 Å². The van der Waals surface area contributed by atoms with Crippen molar-refractivity contribution < 1.29 is 0 Å². The molecule has 0 saturated carbocycles. The normalized spacial score (nSPS) is 40.7. The molecule has 0 aromatic carbocycles. The molecule has 2 heteroatoms. The summed E-state index contributed by atoms with van der Waals surface area (Å²) in [6.07, 6.45) is 13.9. The molecule has 6 atom stereocenters. The van der Waals surface area contributed by atoms with Crippen LogP contribution < -0.4 is 0 Å². The topological polar surface area (TPSA) is 0 Å². The Bertz CT molecular complexity index is 231. The molecular weight excluding hydrogens is 218 g/mol. The molecule has 2 aliphatic carbocycles. The lowest BCUT2D eigenvalue weighted by atomic mass is 9.93. The van der Waals surface area contributed by atoms with Crippen molar-refractivity contribution in [2.24, 2.45) is 11.8 Å². The molecule has 0 saturated heterocycles. The summed E-state index contributed by atoms with van der Waals surface area (Å²) in [5.41, 5.74) is 1.94. The highest BCUT2D eigenvalue weighted by molar-refractivity contribution is 7.38. The van der Waals surface area contributed by atoms with E-state index >= 15 is 0 Å². The number of rotatable bonds is 4. The Morgan fingerprint density at radius 1 is 0.933 bits per heavy atom. The van der Waals surface area contributed by atoms with Crippen LogP contribution in [0.1, 0.15) is 19.3 Å². The Morgan fingerprint density at radius 3 is 1.80 bits per heavy atom. The predicted octanol–water partition coefficient (Wildman–Crippen LogP) is 3.88. The van der Waals surface area contributed by atoms with Gasteiger partial charge in [0.25, 0.3) is 0 Å². The molecule has 0 aromatic rings. The first-order chi connectivity index (χ1) is 7.35. The Kier molecular flexibility index (Phi) is 4.41. The zero-order chi connectivity index (χ0) is 10.7. The Morgan fingerprint density at radius 2 is 1.40 bits per heavy atom. The van der Waals surface area contributed by atoms with Crippen molar-refractivity contribution in [3.05, 3.63) is 24.3 Å². The molecule has 0 bridgehead atoms. The van der Waals surface area contributed by atoms with Gasteiger partial charge in [-0.3, -0.25) is 0 Å². The van der Waals surface area contributed by atoms with Crippen LogP contribution in [0.5, 0.6) is 0 Å². The van der Waals surface area contributed by atoms with E-state index in [1.54, 1.807) is 0 Å². The van der Waals surface area contributed by atoms with Gasteiger partial charge in [0.05, 0.1) is 0 Å². The monoisotopic (exact) mass is 240 g/mol. The van der Waals surface area contributed by atoms with Crippen LogP contribution in [0.2, 0.25) is 0 Å². The summed E-state index contributed by atoms with van der Waals surface area (Å²) in [6, 6.07) is 0. The molecule has 0 aromatic heterocycles. The summed E-state index contributed by atoms with van der Waals surface area (Å²) in [5.74, 6) is 1.78. The van der Waals surface area contributed by atoms with E-state index in [0.29, 0.717) is 0 Å².